The Morgan fingerprint density at radius 3 is 2.86 bits per heavy atom. The van der Waals surface area contributed by atoms with Gasteiger partial charge in [-0.25, -0.2) is 4.98 Å². The summed E-state index contributed by atoms with van der Waals surface area (Å²) in [6.45, 7) is 0. The Morgan fingerprint density at radius 2 is 2.29 bits per heavy atom. The molecule has 0 aliphatic carbocycles. The monoisotopic (exact) mass is 192 g/mol. The van der Waals surface area contributed by atoms with E-state index < -0.39 is 0 Å². The van der Waals surface area contributed by atoms with Gasteiger partial charge in [0.1, 0.15) is 0 Å². The van der Waals surface area contributed by atoms with Gasteiger partial charge in [-0.15, -0.1) is 0 Å². The van der Waals surface area contributed by atoms with Gasteiger partial charge in [-0.2, -0.15) is 4.39 Å². The van der Waals surface area contributed by atoms with Gasteiger partial charge in [0.2, 0.25) is 5.95 Å². The normalized spacial score (nSPS) is 35.1. The zero-order valence-electron chi connectivity index (χ0n) is 7.91. The van der Waals surface area contributed by atoms with Crippen molar-refractivity contribution in [3.63, 3.8) is 0 Å². The van der Waals surface area contributed by atoms with Crippen LogP contribution in [0.2, 0.25) is 0 Å². The molecule has 0 amide bonds. The summed E-state index contributed by atoms with van der Waals surface area (Å²) in [6, 6.07) is 4.62. The predicted octanol–water partition coefficient (Wildman–Crippen LogP) is 1.83. The number of halogens is 1. The molecule has 3 heterocycles. The second-order valence-electron chi connectivity index (χ2n) is 4.30. The Balaban J connectivity index is 1.86. The lowest BCUT2D eigenvalue weighted by atomic mass is 9.85. The van der Waals surface area contributed by atoms with E-state index in [0.29, 0.717) is 18.0 Å². The van der Waals surface area contributed by atoms with E-state index in [2.05, 4.69) is 10.3 Å². The topological polar surface area (TPSA) is 24.9 Å². The van der Waals surface area contributed by atoms with Crippen LogP contribution in [0.4, 0.5) is 4.39 Å². The van der Waals surface area contributed by atoms with Crippen LogP contribution in [0.5, 0.6) is 0 Å². The van der Waals surface area contributed by atoms with Gasteiger partial charge >= 0.3 is 0 Å². The smallest absolute Gasteiger partial charge is 0.212 e. The van der Waals surface area contributed by atoms with Gasteiger partial charge in [0.25, 0.3) is 0 Å². The zero-order chi connectivity index (χ0) is 9.54. The minimum absolute atomic E-state index is 0.384. The molecule has 2 aliphatic rings. The quantitative estimate of drug-likeness (QED) is 0.687. The van der Waals surface area contributed by atoms with Crippen molar-refractivity contribution in [2.45, 2.75) is 37.3 Å². The lowest BCUT2D eigenvalue weighted by molar-refractivity contribution is 0.502. The molecule has 74 valence electrons. The summed E-state index contributed by atoms with van der Waals surface area (Å²) in [7, 11) is 0. The minimum atomic E-state index is -0.384. The number of nitrogens with one attached hydrogen (secondary N) is 1. The number of hydrogen-bond donors (Lipinski definition) is 1. The fraction of sp³-hybridized carbons (Fsp3) is 0.545. The van der Waals surface area contributed by atoms with E-state index in [1.54, 1.807) is 6.20 Å². The van der Waals surface area contributed by atoms with Crippen LogP contribution in [0.15, 0.2) is 18.3 Å². The third-order valence-electron chi connectivity index (χ3n) is 3.48. The van der Waals surface area contributed by atoms with Crippen molar-refractivity contribution in [3.05, 3.63) is 29.8 Å². The van der Waals surface area contributed by atoms with Crippen LogP contribution in [0.25, 0.3) is 0 Å². The van der Waals surface area contributed by atoms with Crippen LogP contribution in [0.1, 0.15) is 30.7 Å². The first-order valence-corrected chi connectivity index (χ1v) is 5.20. The standard InChI is InChI=1S/C11H13FN2/c12-11-4-1-7(6-13-11)9-5-8-2-3-10(9)14-8/h1,4,6,8-10,14H,2-3,5H2/t8-,9?,10-/m1/s1. The van der Waals surface area contributed by atoms with Gasteiger partial charge in [-0.3, -0.25) is 0 Å². The number of nitrogens with zero attached hydrogens (tertiary/aromatic N) is 1. The average Bonchev–Trinajstić information content (AvgIpc) is 2.80. The van der Waals surface area contributed by atoms with Gasteiger partial charge in [-0.05, 0) is 30.9 Å². The van der Waals surface area contributed by atoms with Crippen molar-refractivity contribution in [1.82, 2.24) is 10.3 Å². The predicted molar refractivity (Wildman–Crippen MR) is 51.5 cm³/mol. The van der Waals surface area contributed by atoms with Crippen LogP contribution in [0, 0.1) is 5.95 Å². The van der Waals surface area contributed by atoms with Crippen molar-refractivity contribution in [2.75, 3.05) is 0 Å². The fourth-order valence-electron chi connectivity index (χ4n) is 2.80. The molecule has 2 saturated heterocycles. The van der Waals surface area contributed by atoms with Gasteiger partial charge in [-0.1, -0.05) is 6.07 Å². The molecule has 3 atom stereocenters. The molecule has 3 heteroatoms. The Bertz CT molecular complexity index is 336. The van der Waals surface area contributed by atoms with E-state index in [1.165, 1.54) is 30.9 Å². The van der Waals surface area contributed by atoms with Crippen LogP contribution in [-0.4, -0.2) is 17.1 Å². The van der Waals surface area contributed by atoms with Gasteiger partial charge in [0.05, 0.1) is 0 Å². The largest absolute Gasteiger partial charge is 0.311 e. The molecule has 1 unspecified atom stereocenters. The highest BCUT2D eigenvalue weighted by molar-refractivity contribution is 5.22. The first kappa shape index (κ1) is 8.36. The molecule has 2 nitrogen and oxygen atoms in total. The molecule has 1 aromatic rings. The summed E-state index contributed by atoms with van der Waals surface area (Å²) >= 11 is 0. The second kappa shape index (κ2) is 3.02. The maximum atomic E-state index is 12.6. The first-order chi connectivity index (χ1) is 6.83. The molecule has 2 bridgehead atoms. The summed E-state index contributed by atoms with van der Waals surface area (Å²) < 4.78 is 12.6. The van der Waals surface area contributed by atoms with Crippen molar-refractivity contribution in [3.8, 4) is 0 Å². The third-order valence-corrected chi connectivity index (χ3v) is 3.48. The van der Waals surface area contributed by atoms with E-state index >= 15 is 0 Å². The molecule has 0 radical (unpaired) electrons. The van der Waals surface area contributed by atoms with E-state index in [1.807, 2.05) is 6.07 Å². The lowest BCUT2D eigenvalue weighted by Gasteiger charge is -2.19. The number of rotatable bonds is 1. The summed E-state index contributed by atoms with van der Waals surface area (Å²) in [5, 5.41) is 3.57. The van der Waals surface area contributed by atoms with Crippen LogP contribution < -0.4 is 5.32 Å². The van der Waals surface area contributed by atoms with Gasteiger partial charge in [0.15, 0.2) is 0 Å². The maximum Gasteiger partial charge on any atom is 0.212 e. The summed E-state index contributed by atoms with van der Waals surface area (Å²) in [6.07, 6.45) is 5.43. The number of hydrogen-bond acceptors (Lipinski definition) is 2. The summed E-state index contributed by atoms with van der Waals surface area (Å²) in [4.78, 5) is 3.71. The molecule has 2 aliphatic heterocycles. The fourth-order valence-corrected chi connectivity index (χ4v) is 2.80. The van der Waals surface area contributed by atoms with Crippen molar-refractivity contribution >= 4 is 0 Å². The number of fused-ring (bicyclic) bond motifs is 2. The van der Waals surface area contributed by atoms with Crippen molar-refractivity contribution in [1.29, 1.82) is 0 Å². The number of pyridine rings is 1. The average molecular weight is 192 g/mol. The van der Waals surface area contributed by atoms with Crippen molar-refractivity contribution in [2.24, 2.45) is 0 Å². The SMILES string of the molecule is Fc1ccc(C2C[C@H]3CC[C@H]2N3)cn1. The molecule has 2 fully saturated rings. The zero-order valence-corrected chi connectivity index (χ0v) is 7.91. The molecular weight excluding hydrogens is 179 g/mol. The second-order valence-corrected chi connectivity index (χ2v) is 4.30. The van der Waals surface area contributed by atoms with E-state index in [9.17, 15) is 4.39 Å². The Hall–Kier alpha value is -0.960. The molecule has 1 N–H and O–H groups in total. The van der Waals surface area contributed by atoms with Crippen LogP contribution >= 0.6 is 0 Å². The summed E-state index contributed by atoms with van der Waals surface area (Å²) in [5.74, 6) is 0.173. The highest BCUT2D eigenvalue weighted by atomic mass is 19.1. The Morgan fingerprint density at radius 1 is 1.36 bits per heavy atom. The minimum Gasteiger partial charge on any atom is -0.311 e. The molecular formula is C11H13FN2. The molecule has 0 spiro atoms. The van der Waals surface area contributed by atoms with E-state index in [-0.39, 0.29) is 5.95 Å². The van der Waals surface area contributed by atoms with Crippen LogP contribution in [-0.2, 0) is 0 Å². The summed E-state index contributed by atoms with van der Waals surface area (Å²) in [5.41, 5.74) is 1.19. The van der Waals surface area contributed by atoms with Gasteiger partial charge < -0.3 is 5.32 Å². The Labute approximate surface area is 82.5 Å². The third kappa shape index (κ3) is 1.23. The highest BCUT2D eigenvalue weighted by Gasteiger charge is 2.39. The Kier molecular flexibility index (Phi) is 1.80. The van der Waals surface area contributed by atoms with Gasteiger partial charge in [0, 0.05) is 24.2 Å². The van der Waals surface area contributed by atoms with Crippen molar-refractivity contribution < 1.29 is 4.39 Å². The molecule has 3 rings (SSSR count). The first-order valence-electron chi connectivity index (χ1n) is 5.20. The molecule has 1 aromatic heterocycles. The molecule has 0 aromatic carbocycles. The van der Waals surface area contributed by atoms with E-state index in [4.69, 9.17) is 0 Å². The molecule has 14 heavy (non-hydrogen) atoms. The number of aromatic nitrogens is 1. The highest BCUT2D eigenvalue weighted by Crippen LogP contribution is 2.39. The van der Waals surface area contributed by atoms with E-state index in [0.717, 1.165) is 0 Å². The molecule has 0 saturated carbocycles. The maximum absolute atomic E-state index is 12.6. The van der Waals surface area contributed by atoms with Crippen LogP contribution in [0.3, 0.4) is 0 Å². The lowest BCUT2D eigenvalue weighted by Crippen LogP contribution is -2.21.